The summed E-state index contributed by atoms with van der Waals surface area (Å²) in [5.74, 6) is 0.446. The number of ether oxygens (including phenoxy) is 3. The van der Waals surface area contributed by atoms with E-state index in [-0.39, 0.29) is 12.2 Å². The number of benzene rings is 1. The van der Waals surface area contributed by atoms with Gasteiger partial charge in [-0.05, 0) is 5.56 Å². The van der Waals surface area contributed by atoms with Crippen LogP contribution in [-0.4, -0.2) is 37.9 Å². The predicted octanol–water partition coefficient (Wildman–Crippen LogP) is 2.23. The highest BCUT2D eigenvalue weighted by Crippen LogP contribution is 2.11. The minimum atomic E-state index is -0.0513. The summed E-state index contributed by atoms with van der Waals surface area (Å²) < 4.78 is 16.2. The number of rotatable bonds is 8. The molecule has 1 aliphatic rings. The lowest BCUT2D eigenvalue weighted by atomic mass is 10.2. The van der Waals surface area contributed by atoms with Gasteiger partial charge in [-0.1, -0.05) is 30.3 Å². The molecule has 1 aromatic rings. The maximum Gasteiger partial charge on any atom is 0.104 e. The molecule has 3 nitrogen and oxygen atoms in total. The van der Waals surface area contributed by atoms with Gasteiger partial charge in [0.25, 0.3) is 0 Å². The molecular formula is C13H17ClO3. The fourth-order valence-corrected chi connectivity index (χ4v) is 1.61. The minimum absolute atomic E-state index is 0.0513. The van der Waals surface area contributed by atoms with Crippen LogP contribution in [0.3, 0.4) is 0 Å². The van der Waals surface area contributed by atoms with Gasteiger partial charge in [0.15, 0.2) is 0 Å². The van der Waals surface area contributed by atoms with Crippen molar-refractivity contribution >= 4 is 11.6 Å². The SMILES string of the molecule is ClCC(COCc1ccccc1)OCC1CO1. The normalized spacial score (nSPS) is 20.2. The zero-order chi connectivity index (χ0) is 11.9. The van der Waals surface area contributed by atoms with Gasteiger partial charge in [-0.15, -0.1) is 11.6 Å². The van der Waals surface area contributed by atoms with Gasteiger partial charge < -0.3 is 14.2 Å². The van der Waals surface area contributed by atoms with Gasteiger partial charge in [0, 0.05) is 0 Å². The van der Waals surface area contributed by atoms with Gasteiger partial charge in [-0.3, -0.25) is 0 Å². The van der Waals surface area contributed by atoms with Crippen LogP contribution in [0.1, 0.15) is 5.56 Å². The molecule has 0 radical (unpaired) electrons. The summed E-state index contributed by atoms with van der Waals surface area (Å²) in [6.07, 6.45) is 0.222. The molecular weight excluding hydrogens is 240 g/mol. The van der Waals surface area contributed by atoms with Crippen molar-refractivity contribution in [1.29, 1.82) is 0 Å². The van der Waals surface area contributed by atoms with Gasteiger partial charge in [0.05, 0.1) is 38.4 Å². The third-order valence-electron chi connectivity index (χ3n) is 2.51. The Bertz CT molecular complexity index is 314. The lowest BCUT2D eigenvalue weighted by molar-refractivity contribution is -0.0149. The Labute approximate surface area is 107 Å². The standard InChI is InChI=1S/C13H17ClO3/c14-6-12(16-9-13-10-17-13)8-15-7-11-4-2-1-3-5-11/h1-5,12-13H,6-10H2. The third kappa shape index (κ3) is 5.04. The number of hydrogen-bond donors (Lipinski definition) is 0. The molecule has 1 saturated heterocycles. The van der Waals surface area contributed by atoms with E-state index < -0.39 is 0 Å². The van der Waals surface area contributed by atoms with Crippen LogP contribution < -0.4 is 0 Å². The fraction of sp³-hybridized carbons (Fsp3) is 0.538. The molecule has 1 fully saturated rings. The highest BCUT2D eigenvalue weighted by molar-refractivity contribution is 6.18. The Morgan fingerprint density at radius 2 is 2.12 bits per heavy atom. The largest absolute Gasteiger partial charge is 0.374 e. The summed E-state index contributed by atoms with van der Waals surface area (Å²) in [5.41, 5.74) is 1.16. The quantitative estimate of drug-likeness (QED) is 0.528. The smallest absolute Gasteiger partial charge is 0.104 e. The molecule has 4 heteroatoms. The van der Waals surface area contributed by atoms with E-state index in [1.165, 1.54) is 0 Å². The lowest BCUT2D eigenvalue weighted by Gasteiger charge is -2.14. The summed E-state index contributed by atoms with van der Waals surface area (Å²) in [6.45, 7) is 2.54. The van der Waals surface area contributed by atoms with Gasteiger partial charge in [0.2, 0.25) is 0 Å². The highest BCUT2D eigenvalue weighted by atomic mass is 35.5. The molecule has 0 aliphatic carbocycles. The average Bonchev–Trinajstić information content (AvgIpc) is 3.19. The molecule has 0 spiro atoms. The molecule has 2 atom stereocenters. The molecule has 0 N–H and O–H groups in total. The van der Waals surface area contributed by atoms with E-state index in [2.05, 4.69) is 0 Å². The third-order valence-corrected chi connectivity index (χ3v) is 2.85. The zero-order valence-corrected chi connectivity index (χ0v) is 10.4. The van der Waals surface area contributed by atoms with Crippen LogP contribution in [0.2, 0.25) is 0 Å². The second-order valence-electron chi connectivity index (χ2n) is 4.07. The number of alkyl halides is 1. The molecule has 0 saturated carbocycles. The van der Waals surface area contributed by atoms with Crippen molar-refractivity contribution in [2.24, 2.45) is 0 Å². The van der Waals surface area contributed by atoms with E-state index in [9.17, 15) is 0 Å². The van der Waals surface area contributed by atoms with E-state index in [0.29, 0.717) is 25.7 Å². The molecule has 0 bridgehead atoms. The van der Waals surface area contributed by atoms with Crippen LogP contribution in [0.15, 0.2) is 30.3 Å². The van der Waals surface area contributed by atoms with Crippen LogP contribution >= 0.6 is 11.6 Å². The zero-order valence-electron chi connectivity index (χ0n) is 9.68. The van der Waals surface area contributed by atoms with Crippen molar-refractivity contribution in [1.82, 2.24) is 0 Å². The van der Waals surface area contributed by atoms with Gasteiger partial charge in [-0.2, -0.15) is 0 Å². The van der Waals surface area contributed by atoms with Crippen molar-refractivity contribution in [3.8, 4) is 0 Å². The topological polar surface area (TPSA) is 31.0 Å². The van der Waals surface area contributed by atoms with E-state index in [1.807, 2.05) is 30.3 Å². The first-order chi connectivity index (χ1) is 8.38. The van der Waals surface area contributed by atoms with Crippen molar-refractivity contribution in [3.63, 3.8) is 0 Å². The van der Waals surface area contributed by atoms with E-state index in [0.717, 1.165) is 12.2 Å². The van der Waals surface area contributed by atoms with Crippen molar-refractivity contribution in [3.05, 3.63) is 35.9 Å². The summed E-state index contributed by atoms with van der Waals surface area (Å²) in [4.78, 5) is 0. The summed E-state index contributed by atoms with van der Waals surface area (Å²) >= 11 is 5.81. The van der Waals surface area contributed by atoms with Crippen LogP contribution in [0.5, 0.6) is 0 Å². The predicted molar refractivity (Wildman–Crippen MR) is 66.3 cm³/mol. The van der Waals surface area contributed by atoms with E-state index in [4.69, 9.17) is 25.8 Å². The maximum atomic E-state index is 5.81. The van der Waals surface area contributed by atoms with Crippen molar-refractivity contribution in [2.75, 3.05) is 25.7 Å². The van der Waals surface area contributed by atoms with Crippen LogP contribution in [0.25, 0.3) is 0 Å². The van der Waals surface area contributed by atoms with Gasteiger partial charge in [-0.25, -0.2) is 0 Å². The lowest BCUT2D eigenvalue weighted by Crippen LogP contribution is -2.23. The van der Waals surface area contributed by atoms with Crippen molar-refractivity contribution < 1.29 is 14.2 Å². The average molecular weight is 257 g/mol. The first-order valence-electron chi connectivity index (χ1n) is 5.79. The molecule has 2 rings (SSSR count). The molecule has 94 valence electrons. The Kier molecular flexibility index (Phi) is 5.26. The van der Waals surface area contributed by atoms with Gasteiger partial charge in [0.1, 0.15) is 6.10 Å². The second-order valence-corrected chi connectivity index (χ2v) is 4.37. The molecule has 1 aromatic carbocycles. The fourth-order valence-electron chi connectivity index (χ4n) is 1.43. The number of hydrogen-bond acceptors (Lipinski definition) is 3. The molecule has 0 aromatic heterocycles. The molecule has 1 aliphatic heterocycles. The van der Waals surface area contributed by atoms with Crippen LogP contribution in [-0.2, 0) is 20.8 Å². The summed E-state index contributed by atoms with van der Waals surface area (Å²) in [5, 5.41) is 0. The Hall–Kier alpha value is -0.610. The Morgan fingerprint density at radius 3 is 2.76 bits per heavy atom. The van der Waals surface area contributed by atoms with E-state index in [1.54, 1.807) is 0 Å². The molecule has 0 amide bonds. The monoisotopic (exact) mass is 256 g/mol. The van der Waals surface area contributed by atoms with Crippen LogP contribution in [0, 0.1) is 0 Å². The highest BCUT2D eigenvalue weighted by Gasteiger charge is 2.24. The van der Waals surface area contributed by atoms with E-state index >= 15 is 0 Å². The van der Waals surface area contributed by atoms with Crippen molar-refractivity contribution in [2.45, 2.75) is 18.8 Å². The summed E-state index contributed by atoms with van der Waals surface area (Å²) in [6, 6.07) is 10.1. The Balaban J connectivity index is 1.61. The Morgan fingerprint density at radius 1 is 1.35 bits per heavy atom. The summed E-state index contributed by atoms with van der Waals surface area (Å²) in [7, 11) is 0. The first-order valence-corrected chi connectivity index (χ1v) is 6.33. The molecule has 2 unspecified atom stereocenters. The second kappa shape index (κ2) is 6.97. The minimum Gasteiger partial charge on any atom is -0.374 e. The molecule has 1 heterocycles. The first kappa shape index (κ1) is 12.8. The molecule has 17 heavy (non-hydrogen) atoms. The van der Waals surface area contributed by atoms with Gasteiger partial charge >= 0.3 is 0 Å². The van der Waals surface area contributed by atoms with Crippen LogP contribution in [0.4, 0.5) is 0 Å². The maximum absolute atomic E-state index is 5.81. The number of halogens is 1. The number of epoxide rings is 1.